The fourth-order valence-corrected chi connectivity index (χ4v) is 9.23. The predicted molar refractivity (Wildman–Crippen MR) is 330 cm³/mol. The van der Waals surface area contributed by atoms with Gasteiger partial charge in [-0.25, -0.2) is 0 Å². The summed E-state index contributed by atoms with van der Waals surface area (Å²) in [6.45, 7) is 6.50. The molecule has 0 aliphatic heterocycles. The monoisotopic (exact) mass is 1060 g/mol. The van der Waals surface area contributed by atoms with E-state index in [0.29, 0.717) is 19.3 Å². The van der Waals surface area contributed by atoms with Gasteiger partial charge in [0.15, 0.2) is 6.10 Å². The minimum atomic E-state index is -0.781. The molecule has 438 valence electrons. The Hall–Kier alpha value is -3.41. The van der Waals surface area contributed by atoms with E-state index in [-0.39, 0.29) is 31.1 Å². The number of unbranched alkanes of at least 4 members (excludes halogenated alkanes) is 34. The summed E-state index contributed by atoms with van der Waals surface area (Å²) in [5.74, 6) is -0.885. The van der Waals surface area contributed by atoms with Gasteiger partial charge in [0.25, 0.3) is 0 Å². The number of hydrogen-bond acceptors (Lipinski definition) is 6. The maximum absolute atomic E-state index is 12.8. The minimum absolute atomic E-state index is 0.0789. The van der Waals surface area contributed by atoms with Crippen LogP contribution in [0.2, 0.25) is 0 Å². The van der Waals surface area contributed by atoms with Crippen LogP contribution in [0.15, 0.2) is 85.1 Å². The quantitative estimate of drug-likeness (QED) is 0.0261. The molecular formula is C70H122O6. The van der Waals surface area contributed by atoms with Gasteiger partial charge in [0.05, 0.1) is 0 Å². The van der Waals surface area contributed by atoms with Crippen LogP contribution in [0.4, 0.5) is 0 Å². The molecular weight excluding hydrogens is 937 g/mol. The summed E-state index contributed by atoms with van der Waals surface area (Å²) >= 11 is 0. The highest BCUT2D eigenvalue weighted by molar-refractivity contribution is 5.71. The fourth-order valence-electron chi connectivity index (χ4n) is 9.23. The van der Waals surface area contributed by atoms with Gasteiger partial charge in [-0.3, -0.25) is 14.4 Å². The third kappa shape index (κ3) is 61.4. The van der Waals surface area contributed by atoms with Crippen LogP contribution >= 0.6 is 0 Å². The van der Waals surface area contributed by atoms with E-state index in [9.17, 15) is 14.4 Å². The van der Waals surface area contributed by atoms with Crippen molar-refractivity contribution in [1.82, 2.24) is 0 Å². The molecule has 1 unspecified atom stereocenters. The van der Waals surface area contributed by atoms with E-state index in [1.54, 1.807) is 0 Å². The maximum atomic E-state index is 12.8. The van der Waals surface area contributed by atoms with Crippen LogP contribution in [0.5, 0.6) is 0 Å². The fraction of sp³-hybridized carbons (Fsp3) is 0.757. The van der Waals surface area contributed by atoms with Crippen molar-refractivity contribution in [3.63, 3.8) is 0 Å². The molecule has 6 nitrogen and oxygen atoms in total. The lowest BCUT2D eigenvalue weighted by Crippen LogP contribution is -2.30. The average molecular weight is 1060 g/mol. The highest BCUT2D eigenvalue weighted by Gasteiger charge is 2.19. The Labute approximate surface area is 471 Å². The van der Waals surface area contributed by atoms with Crippen molar-refractivity contribution >= 4 is 17.9 Å². The second kappa shape index (κ2) is 64.1. The van der Waals surface area contributed by atoms with Gasteiger partial charge in [-0.15, -0.1) is 0 Å². The van der Waals surface area contributed by atoms with Crippen LogP contribution in [0.1, 0.15) is 323 Å². The normalized spacial score (nSPS) is 12.6. The Bertz CT molecular complexity index is 1450. The zero-order valence-corrected chi connectivity index (χ0v) is 50.3. The summed E-state index contributed by atoms with van der Waals surface area (Å²) in [5.41, 5.74) is 0. The molecule has 0 spiro atoms. The lowest BCUT2D eigenvalue weighted by Gasteiger charge is -2.18. The lowest BCUT2D eigenvalue weighted by atomic mass is 10.0. The Balaban J connectivity index is 4.10. The summed E-state index contributed by atoms with van der Waals surface area (Å²) < 4.78 is 16.9. The van der Waals surface area contributed by atoms with E-state index < -0.39 is 6.10 Å². The Morgan fingerprint density at radius 3 is 0.842 bits per heavy atom. The smallest absolute Gasteiger partial charge is 0.306 e. The first-order valence-corrected chi connectivity index (χ1v) is 32.6. The zero-order chi connectivity index (χ0) is 55.0. The first-order valence-electron chi connectivity index (χ1n) is 32.6. The lowest BCUT2D eigenvalue weighted by molar-refractivity contribution is -0.167. The minimum Gasteiger partial charge on any atom is -0.462 e. The largest absolute Gasteiger partial charge is 0.462 e. The number of ether oxygens (including phenoxy) is 3. The van der Waals surface area contributed by atoms with Crippen molar-refractivity contribution in [3.8, 4) is 0 Å². The van der Waals surface area contributed by atoms with Crippen molar-refractivity contribution in [2.75, 3.05) is 13.2 Å². The van der Waals surface area contributed by atoms with Crippen LogP contribution in [-0.2, 0) is 28.6 Å². The SMILES string of the molecule is CC/C=C\C/C=C\C/C=C\C/C=C\C/C=C\CCCCCCCCCCCCCCCCCCCC(=O)OCC(COC(=O)CCCCCCC/C=C\CCCCC)OC(=O)CCCCCCC/C=C\CCCCCC. The van der Waals surface area contributed by atoms with Crippen molar-refractivity contribution in [2.24, 2.45) is 0 Å². The molecule has 1 atom stereocenters. The Morgan fingerprint density at radius 1 is 0.276 bits per heavy atom. The molecule has 0 aromatic carbocycles. The highest BCUT2D eigenvalue weighted by Crippen LogP contribution is 2.17. The van der Waals surface area contributed by atoms with Crippen LogP contribution in [0.3, 0.4) is 0 Å². The van der Waals surface area contributed by atoms with Crippen molar-refractivity contribution in [1.29, 1.82) is 0 Å². The van der Waals surface area contributed by atoms with E-state index >= 15 is 0 Å². The summed E-state index contributed by atoms with van der Waals surface area (Å²) in [6, 6.07) is 0. The topological polar surface area (TPSA) is 78.9 Å². The summed E-state index contributed by atoms with van der Waals surface area (Å²) in [4.78, 5) is 38.2. The average Bonchev–Trinajstić information content (AvgIpc) is 3.42. The van der Waals surface area contributed by atoms with Crippen LogP contribution in [0, 0.1) is 0 Å². The Kier molecular flexibility index (Phi) is 61.2. The van der Waals surface area contributed by atoms with Gasteiger partial charge in [-0.1, -0.05) is 273 Å². The molecule has 0 heterocycles. The van der Waals surface area contributed by atoms with Crippen molar-refractivity contribution in [2.45, 2.75) is 329 Å². The van der Waals surface area contributed by atoms with Gasteiger partial charge in [0.2, 0.25) is 0 Å². The summed E-state index contributed by atoms with van der Waals surface area (Å²) in [6.07, 6.45) is 84.7. The van der Waals surface area contributed by atoms with Crippen LogP contribution in [-0.4, -0.2) is 37.2 Å². The van der Waals surface area contributed by atoms with Crippen LogP contribution < -0.4 is 0 Å². The molecule has 0 rings (SSSR count). The Morgan fingerprint density at radius 2 is 0.513 bits per heavy atom. The number of hydrogen-bond donors (Lipinski definition) is 0. The van der Waals surface area contributed by atoms with E-state index in [1.807, 2.05) is 0 Å². The standard InChI is InChI=1S/C70H122O6/c1-4-7-10-13-16-19-22-25-26-27-28-29-30-31-32-33-34-35-36-37-38-39-40-41-42-43-44-46-48-51-54-57-60-63-69(72)75-66-67(65-74-68(71)62-59-56-53-50-47-24-21-18-15-12-9-6-3)76-70(73)64-61-58-55-52-49-45-23-20-17-14-11-8-5-2/h7,10,16,18-21,23,25-26,28-29,31-32,67H,4-6,8-9,11-15,17,22,24,27,30,33-66H2,1-3H3/b10-7-,19-16-,21-18-,23-20-,26-25-,29-28-,32-31-. The molecule has 0 amide bonds. The molecule has 0 fully saturated rings. The molecule has 0 N–H and O–H groups in total. The number of carbonyl (C=O) groups excluding carboxylic acids is 3. The molecule has 6 heteroatoms. The highest BCUT2D eigenvalue weighted by atomic mass is 16.6. The first kappa shape index (κ1) is 72.6. The van der Waals surface area contributed by atoms with Gasteiger partial charge >= 0.3 is 17.9 Å². The molecule has 0 saturated heterocycles. The molecule has 0 aliphatic rings. The number of esters is 3. The first-order chi connectivity index (χ1) is 37.5. The third-order valence-electron chi connectivity index (χ3n) is 14.1. The number of rotatable bonds is 59. The molecule has 0 saturated carbocycles. The maximum Gasteiger partial charge on any atom is 0.306 e. The van der Waals surface area contributed by atoms with E-state index in [1.165, 1.54) is 173 Å². The second-order valence-corrected chi connectivity index (χ2v) is 21.6. The van der Waals surface area contributed by atoms with Gasteiger partial charge in [0, 0.05) is 19.3 Å². The molecule has 0 radical (unpaired) electrons. The third-order valence-corrected chi connectivity index (χ3v) is 14.1. The van der Waals surface area contributed by atoms with Crippen LogP contribution in [0.25, 0.3) is 0 Å². The van der Waals surface area contributed by atoms with Crippen molar-refractivity contribution < 1.29 is 28.6 Å². The predicted octanol–water partition coefficient (Wildman–Crippen LogP) is 22.3. The van der Waals surface area contributed by atoms with E-state index in [0.717, 1.165) is 109 Å². The molecule has 76 heavy (non-hydrogen) atoms. The van der Waals surface area contributed by atoms with E-state index in [4.69, 9.17) is 14.2 Å². The second-order valence-electron chi connectivity index (χ2n) is 21.6. The van der Waals surface area contributed by atoms with Gasteiger partial charge in [-0.2, -0.15) is 0 Å². The van der Waals surface area contributed by atoms with Crippen molar-refractivity contribution in [3.05, 3.63) is 85.1 Å². The van der Waals surface area contributed by atoms with Gasteiger partial charge in [0.1, 0.15) is 13.2 Å². The summed E-state index contributed by atoms with van der Waals surface area (Å²) in [5, 5.41) is 0. The van der Waals surface area contributed by atoms with E-state index in [2.05, 4.69) is 106 Å². The summed E-state index contributed by atoms with van der Waals surface area (Å²) in [7, 11) is 0. The molecule has 0 aromatic heterocycles. The molecule has 0 aromatic rings. The molecule has 0 aliphatic carbocycles. The van der Waals surface area contributed by atoms with Gasteiger partial charge in [-0.05, 0) is 116 Å². The zero-order valence-electron chi connectivity index (χ0n) is 50.3. The number of carbonyl (C=O) groups is 3. The number of allylic oxidation sites excluding steroid dienone is 14. The van der Waals surface area contributed by atoms with Gasteiger partial charge < -0.3 is 14.2 Å². The molecule has 0 bridgehead atoms.